The molecule has 0 bridgehead atoms. The van der Waals surface area contributed by atoms with E-state index in [0.717, 1.165) is 30.6 Å². The summed E-state index contributed by atoms with van der Waals surface area (Å²) >= 11 is 0. The van der Waals surface area contributed by atoms with E-state index in [9.17, 15) is 14.7 Å². The fourth-order valence-corrected chi connectivity index (χ4v) is 5.96. The zero-order valence-electron chi connectivity index (χ0n) is 29.1. The van der Waals surface area contributed by atoms with E-state index < -0.39 is 6.29 Å². The van der Waals surface area contributed by atoms with Gasteiger partial charge < -0.3 is 28.8 Å². The Bertz CT molecular complexity index is 1580. The van der Waals surface area contributed by atoms with Crippen molar-refractivity contribution in [2.45, 2.75) is 77.4 Å². The molecular weight excluding hydrogens is 620 g/mol. The molecule has 0 fully saturated rings. The zero-order valence-corrected chi connectivity index (χ0v) is 29.1. The molecule has 49 heavy (non-hydrogen) atoms. The van der Waals surface area contributed by atoms with Crippen molar-refractivity contribution in [2.75, 3.05) is 20.3 Å². The van der Waals surface area contributed by atoms with Crippen LogP contribution < -0.4 is 14.2 Å². The van der Waals surface area contributed by atoms with Gasteiger partial charge in [0.1, 0.15) is 29.6 Å². The molecule has 4 rings (SSSR count). The number of phenolic OH excluding ortho intramolecular Hbond substituents is 1. The topological polar surface area (TPSA) is 101 Å². The molecule has 0 aromatic heterocycles. The molecule has 4 atom stereocenters. The number of ether oxygens (including phenoxy) is 5. The maximum Gasteiger partial charge on any atom is 0.310 e. The van der Waals surface area contributed by atoms with Crippen LogP contribution in [0.3, 0.4) is 0 Å². The summed E-state index contributed by atoms with van der Waals surface area (Å²) < 4.78 is 27.4. The Balaban J connectivity index is 1.30. The van der Waals surface area contributed by atoms with Gasteiger partial charge in [-0.15, -0.1) is 0 Å². The van der Waals surface area contributed by atoms with Gasteiger partial charge >= 0.3 is 11.9 Å². The fraction of sp³-hybridized carbons (Fsp3) is 0.366. The van der Waals surface area contributed by atoms with Crippen LogP contribution >= 0.6 is 0 Å². The highest BCUT2D eigenvalue weighted by Crippen LogP contribution is 2.39. The number of rotatable bonds is 18. The quantitative estimate of drug-likeness (QED) is 0.0486. The monoisotopic (exact) mass is 668 g/mol. The third kappa shape index (κ3) is 12.0. The van der Waals surface area contributed by atoms with E-state index in [1.165, 1.54) is 23.6 Å². The summed E-state index contributed by atoms with van der Waals surface area (Å²) in [6.45, 7) is 8.00. The van der Waals surface area contributed by atoms with Crippen molar-refractivity contribution in [2.24, 2.45) is 0 Å². The molecule has 4 unspecified atom stereocenters. The predicted molar refractivity (Wildman–Crippen MR) is 189 cm³/mol. The van der Waals surface area contributed by atoms with Crippen molar-refractivity contribution in [1.82, 2.24) is 0 Å². The molecule has 0 radical (unpaired) electrons. The van der Waals surface area contributed by atoms with Gasteiger partial charge in [-0.3, -0.25) is 9.59 Å². The Morgan fingerprint density at radius 1 is 0.694 bits per heavy atom. The molecule has 8 heteroatoms. The van der Waals surface area contributed by atoms with Crippen molar-refractivity contribution < 1.29 is 38.4 Å². The lowest BCUT2D eigenvalue weighted by Gasteiger charge is -2.27. The Hall–Kier alpha value is -4.82. The Morgan fingerprint density at radius 3 is 1.88 bits per heavy atom. The van der Waals surface area contributed by atoms with Crippen LogP contribution in [0.1, 0.15) is 87.0 Å². The minimum atomic E-state index is -0.517. The summed E-state index contributed by atoms with van der Waals surface area (Å²) in [4.78, 5) is 23.5. The maximum absolute atomic E-state index is 12.2. The third-order valence-electron chi connectivity index (χ3n) is 8.64. The molecule has 8 nitrogen and oxygen atoms in total. The van der Waals surface area contributed by atoms with E-state index >= 15 is 0 Å². The number of phenols is 1. The second kappa shape index (κ2) is 18.7. The SMILES string of the molecule is CCC(CC(CC(C)c1ccc(OC(C)=O)cc1)c1ccc(O)cc1)c1ccc(OC(C)OCCOC(=O)Cc2ccc(OC)cc2)cc1. The highest BCUT2D eigenvalue weighted by Gasteiger charge is 2.22. The second-order valence-electron chi connectivity index (χ2n) is 12.3. The molecule has 0 aliphatic carbocycles. The van der Waals surface area contributed by atoms with Crippen molar-refractivity contribution in [3.8, 4) is 23.0 Å². The molecule has 260 valence electrons. The van der Waals surface area contributed by atoms with Gasteiger partial charge in [-0.1, -0.05) is 62.4 Å². The lowest BCUT2D eigenvalue weighted by Crippen LogP contribution is -2.20. The van der Waals surface area contributed by atoms with Gasteiger partial charge in [-0.2, -0.15) is 0 Å². The summed E-state index contributed by atoms with van der Waals surface area (Å²) in [6.07, 6.45) is 2.49. The number of carbonyl (C=O) groups excluding carboxylic acids is 2. The molecule has 4 aromatic carbocycles. The van der Waals surface area contributed by atoms with E-state index in [1.54, 1.807) is 19.2 Å². The molecule has 1 N–H and O–H groups in total. The zero-order chi connectivity index (χ0) is 35.2. The average molecular weight is 669 g/mol. The van der Waals surface area contributed by atoms with Gasteiger partial charge in [-0.25, -0.2) is 0 Å². The smallest absolute Gasteiger partial charge is 0.310 e. The van der Waals surface area contributed by atoms with Crippen LogP contribution in [0.25, 0.3) is 0 Å². The van der Waals surface area contributed by atoms with Crippen molar-refractivity contribution in [3.63, 3.8) is 0 Å². The number of aromatic hydroxyl groups is 1. The summed E-state index contributed by atoms with van der Waals surface area (Å²) in [5.74, 6) is 2.40. The van der Waals surface area contributed by atoms with Crippen LogP contribution in [0, 0.1) is 0 Å². The van der Waals surface area contributed by atoms with E-state index in [0.29, 0.717) is 17.4 Å². The average Bonchev–Trinajstić information content (AvgIpc) is 3.09. The van der Waals surface area contributed by atoms with Gasteiger partial charge in [0.25, 0.3) is 0 Å². The first-order chi connectivity index (χ1) is 23.6. The Labute approximate surface area is 289 Å². The van der Waals surface area contributed by atoms with Gasteiger partial charge in [0.2, 0.25) is 0 Å². The van der Waals surface area contributed by atoms with Gasteiger partial charge in [-0.05, 0) is 115 Å². The summed E-state index contributed by atoms with van der Waals surface area (Å²) in [7, 11) is 1.60. The lowest BCUT2D eigenvalue weighted by molar-refractivity contribution is -0.147. The standard InChI is InChI=1S/C41H48O8/c1-6-32(27-36(35-9-15-37(43)16-10-35)25-28(2)33-11-19-39(20-12-33)48-29(3)42)34-13-21-40(22-14-34)49-30(4)46-23-24-47-41(44)26-31-7-17-38(45-5)18-8-31/h7-22,28,30,32,36,43H,6,23-27H2,1-5H3. The molecule has 4 aromatic rings. The van der Waals surface area contributed by atoms with Gasteiger partial charge in [0, 0.05) is 6.92 Å². The van der Waals surface area contributed by atoms with Crippen LogP contribution in [0.2, 0.25) is 0 Å². The van der Waals surface area contributed by atoms with E-state index in [-0.39, 0.29) is 49.2 Å². The van der Waals surface area contributed by atoms with E-state index in [1.807, 2.05) is 79.7 Å². The fourth-order valence-electron chi connectivity index (χ4n) is 5.96. The van der Waals surface area contributed by atoms with Crippen LogP contribution in [0.4, 0.5) is 0 Å². The molecule has 0 saturated carbocycles. The van der Waals surface area contributed by atoms with Crippen LogP contribution in [-0.2, 0) is 25.5 Å². The largest absolute Gasteiger partial charge is 0.508 e. The summed E-state index contributed by atoms with van der Waals surface area (Å²) in [5.41, 5.74) is 4.45. The minimum Gasteiger partial charge on any atom is -0.508 e. The van der Waals surface area contributed by atoms with Crippen LogP contribution in [-0.4, -0.2) is 43.7 Å². The number of hydrogen-bond donors (Lipinski definition) is 1. The normalized spacial score (nSPS) is 13.5. The molecule has 0 aliphatic rings. The molecular formula is C41H48O8. The number of benzene rings is 4. The maximum atomic E-state index is 12.2. The van der Waals surface area contributed by atoms with Gasteiger partial charge in [0.15, 0.2) is 6.29 Å². The molecule has 0 heterocycles. The van der Waals surface area contributed by atoms with Crippen LogP contribution in [0.15, 0.2) is 97.1 Å². The molecule has 0 amide bonds. The van der Waals surface area contributed by atoms with Crippen LogP contribution in [0.5, 0.6) is 23.0 Å². The van der Waals surface area contributed by atoms with E-state index in [2.05, 4.69) is 26.0 Å². The molecule has 0 saturated heterocycles. The first-order valence-corrected chi connectivity index (χ1v) is 16.9. The van der Waals surface area contributed by atoms with E-state index in [4.69, 9.17) is 23.7 Å². The summed E-state index contributed by atoms with van der Waals surface area (Å²) in [5, 5.41) is 9.95. The molecule has 0 spiro atoms. The number of hydrogen-bond acceptors (Lipinski definition) is 8. The first kappa shape index (κ1) is 37.0. The number of carbonyl (C=O) groups is 2. The molecule has 0 aliphatic heterocycles. The first-order valence-electron chi connectivity index (χ1n) is 16.9. The second-order valence-corrected chi connectivity index (χ2v) is 12.3. The Morgan fingerprint density at radius 2 is 1.27 bits per heavy atom. The predicted octanol–water partition coefficient (Wildman–Crippen LogP) is 8.71. The lowest BCUT2D eigenvalue weighted by atomic mass is 9.78. The third-order valence-corrected chi connectivity index (χ3v) is 8.64. The number of esters is 2. The highest BCUT2D eigenvalue weighted by molar-refractivity contribution is 5.72. The van der Waals surface area contributed by atoms with Crippen molar-refractivity contribution in [1.29, 1.82) is 0 Å². The van der Waals surface area contributed by atoms with Gasteiger partial charge in [0.05, 0.1) is 20.1 Å². The van der Waals surface area contributed by atoms with Crippen molar-refractivity contribution >= 4 is 11.9 Å². The summed E-state index contributed by atoms with van der Waals surface area (Å²) in [6, 6.07) is 30.7. The number of methoxy groups -OCH3 is 1. The minimum absolute atomic E-state index is 0.139. The Kier molecular flexibility index (Phi) is 14.1. The highest BCUT2D eigenvalue weighted by atomic mass is 16.7. The van der Waals surface area contributed by atoms with Crippen molar-refractivity contribution in [3.05, 3.63) is 119 Å².